The predicted octanol–water partition coefficient (Wildman–Crippen LogP) is 5.16. The highest BCUT2D eigenvalue weighted by Crippen LogP contribution is 2.38. The van der Waals surface area contributed by atoms with E-state index in [4.69, 9.17) is 32.7 Å². The number of nitrogens with one attached hydrogen (secondary N) is 1. The topological polar surface area (TPSA) is 128 Å². The van der Waals surface area contributed by atoms with Crippen molar-refractivity contribution >= 4 is 58.5 Å². The van der Waals surface area contributed by atoms with Gasteiger partial charge in [0.15, 0.2) is 11.5 Å². The lowest BCUT2D eigenvalue weighted by Gasteiger charge is -2.26. The number of nitro groups is 1. The van der Waals surface area contributed by atoms with E-state index in [1.54, 1.807) is 24.3 Å². The van der Waals surface area contributed by atoms with E-state index in [1.807, 2.05) is 0 Å². The van der Waals surface area contributed by atoms with Crippen molar-refractivity contribution < 1.29 is 28.8 Å². The summed E-state index contributed by atoms with van der Waals surface area (Å²) in [5.74, 6) is -1.32. The smallest absolute Gasteiger partial charge is 0.335 e. The van der Waals surface area contributed by atoms with Crippen molar-refractivity contribution in [3.05, 3.63) is 97.5 Å². The van der Waals surface area contributed by atoms with Crippen LogP contribution in [0.5, 0.6) is 11.5 Å². The third-order valence-corrected chi connectivity index (χ3v) is 5.81. The van der Waals surface area contributed by atoms with Crippen LogP contribution in [-0.4, -0.2) is 29.9 Å². The minimum absolute atomic E-state index is 0.0491. The van der Waals surface area contributed by atoms with E-state index in [-0.39, 0.29) is 40.1 Å². The van der Waals surface area contributed by atoms with Crippen molar-refractivity contribution in [3.8, 4) is 11.5 Å². The van der Waals surface area contributed by atoms with Gasteiger partial charge in [-0.2, -0.15) is 0 Å². The minimum atomic E-state index is -0.984. The Hall–Kier alpha value is -4.41. The molecule has 0 unspecified atom stereocenters. The first-order valence-corrected chi connectivity index (χ1v) is 11.3. The van der Waals surface area contributed by atoms with E-state index in [2.05, 4.69) is 5.32 Å². The van der Waals surface area contributed by atoms with Gasteiger partial charge in [0, 0.05) is 17.2 Å². The van der Waals surface area contributed by atoms with E-state index in [0.29, 0.717) is 15.5 Å². The van der Waals surface area contributed by atoms with Crippen LogP contribution in [0, 0.1) is 10.1 Å². The number of urea groups is 1. The number of carbonyl (C=O) groups is 3. The molecule has 188 valence electrons. The first kappa shape index (κ1) is 25.7. The highest BCUT2D eigenvalue weighted by molar-refractivity contribution is 6.39. The van der Waals surface area contributed by atoms with Gasteiger partial charge in [-0.05, 0) is 53.6 Å². The van der Waals surface area contributed by atoms with Gasteiger partial charge in [-0.25, -0.2) is 9.69 Å². The normalized spacial score (nSPS) is 14.5. The molecule has 0 radical (unpaired) electrons. The number of nitro benzene ring substituents is 1. The fraction of sp³-hybridized carbons (Fsp3) is 0.0800. The Morgan fingerprint density at radius 3 is 2.32 bits per heavy atom. The number of methoxy groups -OCH3 is 1. The molecule has 1 aliphatic rings. The molecule has 3 aromatic carbocycles. The van der Waals surface area contributed by atoms with E-state index >= 15 is 0 Å². The van der Waals surface area contributed by atoms with Gasteiger partial charge < -0.3 is 9.47 Å². The second kappa shape index (κ2) is 10.7. The molecule has 0 atom stereocenters. The summed E-state index contributed by atoms with van der Waals surface area (Å²) < 4.78 is 11.2. The van der Waals surface area contributed by atoms with Crippen LogP contribution < -0.4 is 19.7 Å². The van der Waals surface area contributed by atoms with Crippen molar-refractivity contribution in [2.75, 3.05) is 12.0 Å². The van der Waals surface area contributed by atoms with Crippen LogP contribution in [0.25, 0.3) is 6.08 Å². The van der Waals surface area contributed by atoms with Gasteiger partial charge in [0.05, 0.1) is 22.7 Å². The molecule has 1 fully saturated rings. The summed E-state index contributed by atoms with van der Waals surface area (Å²) >= 11 is 12.3. The molecule has 0 aliphatic carbocycles. The van der Waals surface area contributed by atoms with E-state index < -0.39 is 22.8 Å². The average Bonchev–Trinajstić information content (AvgIpc) is 2.86. The zero-order valence-electron chi connectivity index (χ0n) is 19.1. The van der Waals surface area contributed by atoms with Crippen molar-refractivity contribution in [1.29, 1.82) is 0 Å². The quantitative estimate of drug-likeness (QED) is 0.189. The molecule has 1 saturated heterocycles. The van der Waals surface area contributed by atoms with Gasteiger partial charge in [-0.3, -0.25) is 25.0 Å². The summed E-state index contributed by atoms with van der Waals surface area (Å²) in [6, 6.07) is 13.8. The summed E-state index contributed by atoms with van der Waals surface area (Å²) in [5, 5.41) is 13.7. The summed E-state index contributed by atoms with van der Waals surface area (Å²) in [6.45, 7) is 0.181. The first-order valence-electron chi connectivity index (χ1n) is 10.6. The van der Waals surface area contributed by atoms with E-state index in [1.165, 1.54) is 37.5 Å². The molecule has 4 amide bonds. The average molecular weight is 542 g/mol. The predicted molar refractivity (Wildman–Crippen MR) is 136 cm³/mol. The molecule has 3 aromatic rings. The van der Waals surface area contributed by atoms with Gasteiger partial charge in [-0.1, -0.05) is 35.3 Å². The van der Waals surface area contributed by atoms with Crippen molar-refractivity contribution in [1.82, 2.24) is 5.32 Å². The van der Waals surface area contributed by atoms with Gasteiger partial charge in [0.2, 0.25) is 0 Å². The van der Waals surface area contributed by atoms with Crippen LogP contribution in [0.15, 0.2) is 66.2 Å². The molecule has 1 heterocycles. The van der Waals surface area contributed by atoms with E-state index in [9.17, 15) is 24.5 Å². The summed E-state index contributed by atoms with van der Waals surface area (Å²) in [4.78, 5) is 49.0. The molecule has 0 saturated carbocycles. The Labute approximate surface area is 220 Å². The highest BCUT2D eigenvalue weighted by atomic mass is 35.5. The van der Waals surface area contributed by atoms with E-state index in [0.717, 1.165) is 17.7 Å². The van der Waals surface area contributed by atoms with Crippen LogP contribution in [0.3, 0.4) is 0 Å². The molecule has 37 heavy (non-hydrogen) atoms. The number of non-ortho nitro benzene ring substituents is 1. The molecule has 12 heteroatoms. The maximum Gasteiger partial charge on any atom is 0.335 e. The number of hydrogen-bond donors (Lipinski definition) is 1. The lowest BCUT2D eigenvalue weighted by atomic mass is 10.1. The largest absolute Gasteiger partial charge is 0.493 e. The Morgan fingerprint density at radius 2 is 1.70 bits per heavy atom. The number of nitrogens with zero attached hydrogens (tertiary/aromatic N) is 2. The standard InChI is InChI=1S/C25H17Cl2N3O7/c1-36-21-12-15(11-20(27)22(21)37-13-14-2-4-16(26)5-3-14)10-19-23(31)28-25(33)29(24(19)32)17-6-8-18(9-7-17)30(34)35/h2-12H,13H2,1H3,(H,28,31,33)/b19-10+. The molecule has 0 aromatic heterocycles. The van der Waals surface area contributed by atoms with Crippen molar-refractivity contribution in [2.24, 2.45) is 0 Å². The van der Waals surface area contributed by atoms with Crippen molar-refractivity contribution in [2.45, 2.75) is 6.61 Å². The van der Waals surface area contributed by atoms with Crippen molar-refractivity contribution in [3.63, 3.8) is 0 Å². The zero-order chi connectivity index (χ0) is 26.7. The lowest BCUT2D eigenvalue weighted by molar-refractivity contribution is -0.384. The lowest BCUT2D eigenvalue weighted by Crippen LogP contribution is -2.54. The summed E-state index contributed by atoms with van der Waals surface area (Å²) in [5.41, 5.74) is 0.644. The summed E-state index contributed by atoms with van der Waals surface area (Å²) in [6.07, 6.45) is 1.25. The fourth-order valence-corrected chi connectivity index (χ4v) is 3.88. The Morgan fingerprint density at radius 1 is 1.03 bits per heavy atom. The number of hydrogen-bond acceptors (Lipinski definition) is 7. The molecular formula is C25H17Cl2N3O7. The second-order valence-corrected chi connectivity index (χ2v) is 8.52. The highest BCUT2D eigenvalue weighted by Gasteiger charge is 2.37. The summed E-state index contributed by atoms with van der Waals surface area (Å²) in [7, 11) is 1.41. The third kappa shape index (κ3) is 5.55. The number of amides is 4. The maximum absolute atomic E-state index is 13.1. The van der Waals surface area contributed by atoms with Crippen LogP contribution >= 0.6 is 23.2 Å². The van der Waals surface area contributed by atoms with Gasteiger partial charge in [0.25, 0.3) is 17.5 Å². The second-order valence-electron chi connectivity index (χ2n) is 7.68. The minimum Gasteiger partial charge on any atom is -0.493 e. The third-order valence-electron chi connectivity index (χ3n) is 5.28. The number of halogens is 2. The zero-order valence-corrected chi connectivity index (χ0v) is 20.6. The molecule has 0 spiro atoms. The van der Waals surface area contributed by atoms with Crippen LogP contribution in [-0.2, 0) is 16.2 Å². The Bertz CT molecular complexity index is 1440. The number of barbiturate groups is 1. The molecular weight excluding hydrogens is 525 g/mol. The van der Waals surface area contributed by atoms with Crippen LogP contribution in [0.1, 0.15) is 11.1 Å². The number of anilines is 1. The number of imide groups is 2. The number of carbonyl (C=O) groups excluding carboxylic acids is 3. The SMILES string of the molecule is COc1cc(/C=C2\C(=O)NC(=O)N(c3ccc([N+](=O)[O-])cc3)C2=O)cc(Cl)c1OCc1ccc(Cl)cc1. The molecule has 1 N–H and O–H groups in total. The van der Waals surface area contributed by atoms with Gasteiger partial charge in [0.1, 0.15) is 12.2 Å². The maximum atomic E-state index is 13.1. The van der Waals surface area contributed by atoms with Crippen LogP contribution in [0.4, 0.5) is 16.2 Å². The number of rotatable bonds is 7. The molecule has 4 rings (SSSR count). The monoisotopic (exact) mass is 541 g/mol. The van der Waals surface area contributed by atoms with Crippen LogP contribution in [0.2, 0.25) is 10.0 Å². The molecule has 0 bridgehead atoms. The Balaban J connectivity index is 1.62. The Kier molecular flexibility index (Phi) is 7.42. The molecule has 10 nitrogen and oxygen atoms in total. The van der Waals surface area contributed by atoms with Gasteiger partial charge >= 0.3 is 6.03 Å². The first-order chi connectivity index (χ1) is 17.7. The fourth-order valence-electron chi connectivity index (χ4n) is 3.48. The number of benzene rings is 3. The number of ether oxygens (including phenoxy) is 2. The molecule has 1 aliphatic heterocycles. The van der Waals surface area contributed by atoms with Gasteiger partial charge in [-0.15, -0.1) is 0 Å².